The van der Waals surface area contributed by atoms with Gasteiger partial charge in [0.2, 0.25) is 0 Å². The van der Waals surface area contributed by atoms with Gasteiger partial charge in [0.1, 0.15) is 13.2 Å². The highest BCUT2D eigenvalue weighted by Crippen LogP contribution is 2.12. The third kappa shape index (κ3) is 54.1. The van der Waals surface area contributed by atoms with Gasteiger partial charge in [-0.1, -0.05) is 212 Å². The first kappa shape index (κ1) is 64.3. The number of carbonyl (C=O) groups excluding carboxylic acids is 3. The van der Waals surface area contributed by atoms with Crippen molar-refractivity contribution in [1.29, 1.82) is 0 Å². The molecule has 386 valence electrons. The van der Waals surface area contributed by atoms with E-state index < -0.39 is 6.10 Å². The minimum Gasteiger partial charge on any atom is -0.462 e. The van der Waals surface area contributed by atoms with Crippen LogP contribution in [-0.4, -0.2) is 37.2 Å². The van der Waals surface area contributed by atoms with Gasteiger partial charge in [0.15, 0.2) is 6.10 Å². The zero-order chi connectivity index (χ0) is 50.0. The summed E-state index contributed by atoms with van der Waals surface area (Å²) < 4.78 is 16.7. The highest BCUT2D eigenvalue weighted by molar-refractivity contribution is 5.71. The van der Waals surface area contributed by atoms with Gasteiger partial charge in [-0.25, -0.2) is 0 Å². The molecule has 6 heteroatoms. The van der Waals surface area contributed by atoms with E-state index >= 15 is 0 Å². The second kappa shape index (κ2) is 55.9. The molecule has 0 rings (SSSR count). The van der Waals surface area contributed by atoms with E-state index in [0.29, 0.717) is 19.3 Å². The van der Waals surface area contributed by atoms with Crippen LogP contribution >= 0.6 is 0 Å². The Labute approximate surface area is 423 Å². The van der Waals surface area contributed by atoms with Crippen LogP contribution in [0.15, 0.2) is 146 Å². The van der Waals surface area contributed by atoms with E-state index in [0.717, 1.165) is 109 Å². The molecule has 0 bridgehead atoms. The molecule has 0 aromatic rings. The van der Waals surface area contributed by atoms with Gasteiger partial charge >= 0.3 is 17.9 Å². The van der Waals surface area contributed by atoms with Gasteiger partial charge in [-0.15, -0.1) is 0 Å². The minimum atomic E-state index is -0.841. The molecule has 0 saturated heterocycles. The highest BCUT2D eigenvalue weighted by atomic mass is 16.6. The zero-order valence-corrected chi connectivity index (χ0v) is 44.0. The third-order valence-corrected chi connectivity index (χ3v) is 10.8. The van der Waals surface area contributed by atoms with Crippen molar-refractivity contribution in [2.24, 2.45) is 0 Å². The SMILES string of the molecule is CC/C=C\C/C=C\C/C=C\C/C=C\C/C=C\CCCC(=O)OCC(COC(=O)CCCCCCCCC/C=C\C/C=C\CCCCC)OC(=O)CCC/C=C\C/C=C\C/C=C\C/C=C\C/C=C\CC. The van der Waals surface area contributed by atoms with Crippen molar-refractivity contribution >= 4 is 17.9 Å². The zero-order valence-electron chi connectivity index (χ0n) is 44.0. The molecular weight excluding hydrogens is 853 g/mol. The quantitative estimate of drug-likeness (QED) is 0.0262. The van der Waals surface area contributed by atoms with Gasteiger partial charge in [-0.05, 0) is 128 Å². The number of ether oxygens (including phenoxy) is 3. The number of unbranched alkanes of at least 4 members (excludes halogenated alkanes) is 12. The number of hydrogen-bond acceptors (Lipinski definition) is 6. The van der Waals surface area contributed by atoms with E-state index in [1.165, 1.54) is 51.4 Å². The van der Waals surface area contributed by atoms with Gasteiger partial charge in [0, 0.05) is 19.3 Å². The first-order valence-electron chi connectivity index (χ1n) is 27.3. The monoisotopic (exact) mass is 951 g/mol. The molecule has 0 N–H and O–H groups in total. The van der Waals surface area contributed by atoms with Crippen LogP contribution in [0.1, 0.15) is 213 Å². The molecule has 1 unspecified atom stereocenters. The molecule has 6 nitrogen and oxygen atoms in total. The Bertz CT molecular complexity index is 1560. The average molecular weight is 951 g/mol. The first-order chi connectivity index (χ1) is 34.0. The van der Waals surface area contributed by atoms with E-state index in [1.807, 2.05) is 0 Å². The summed E-state index contributed by atoms with van der Waals surface area (Å²) >= 11 is 0. The predicted octanol–water partition coefficient (Wildman–Crippen LogP) is 18.4. The molecule has 0 aliphatic rings. The summed E-state index contributed by atoms with van der Waals surface area (Å²) in [5.74, 6) is -1.06. The molecular formula is C63H98O6. The Morgan fingerprint density at radius 1 is 0.304 bits per heavy atom. The Hall–Kier alpha value is -4.71. The van der Waals surface area contributed by atoms with Crippen molar-refractivity contribution in [3.05, 3.63) is 146 Å². The predicted molar refractivity (Wildman–Crippen MR) is 297 cm³/mol. The summed E-state index contributed by atoms with van der Waals surface area (Å²) in [5, 5.41) is 0. The number of rotatable bonds is 47. The third-order valence-electron chi connectivity index (χ3n) is 10.8. The average Bonchev–Trinajstić information content (AvgIpc) is 3.35. The van der Waals surface area contributed by atoms with Crippen LogP contribution in [0, 0.1) is 0 Å². The summed E-state index contributed by atoms with van der Waals surface area (Å²) in [5.41, 5.74) is 0. The van der Waals surface area contributed by atoms with Crippen LogP contribution in [0.5, 0.6) is 0 Å². The molecule has 0 aliphatic carbocycles. The fourth-order valence-electron chi connectivity index (χ4n) is 6.78. The number of hydrogen-bond donors (Lipinski definition) is 0. The van der Waals surface area contributed by atoms with Crippen molar-refractivity contribution in [3.63, 3.8) is 0 Å². The van der Waals surface area contributed by atoms with Crippen molar-refractivity contribution in [2.45, 2.75) is 219 Å². The molecule has 0 spiro atoms. The molecule has 0 aliphatic heterocycles. The van der Waals surface area contributed by atoms with Crippen LogP contribution in [-0.2, 0) is 28.6 Å². The van der Waals surface area contributed by atoms with Crippen LogP contribution in [0.25, 0.3) is 0 Å². The fourth-order valence-corrected chi connectivity index (χ4v) is 6.78. The largest absolute Gasteiger partial charge is 0.462 e. The molecule has 0 saturated carbocycles. The van der Waals surface area contributed by atoms with Gasteiger partial charge in [-0.3, -0.25) is 14.4 Å². The topological polar surface area (TPSA) is 78.9 Å². The maximum absolute atomic E-state index is 12.8. The number of carbonyl (C=O) groups is 3. The summed E-state index contributed by atoms with van der Waals surface area (Å²) in [6, 6.07) is 0. The molecule has 0 heterocycles. The van der Waals surface area contributed by atoms with Crippen molar-refractivity contribution in [3.8, 4) is 0 Å². The van der Waals surface area contributed by atoms with Crippen molar-refractivity contribution in [1.82, 2.24) is 0 Å². The van der Waals surface area contributed by atoms with Crippen LogP contribution < -0.4 is 0 Å². The highest BCUT2D eigenvalue weighted by Gasteiger charge is 2.19. The minimum absolute atomic E-state index is 0.129. The lowest BCUT2D eigenvalue weighted by molar-refractivity contribution is -0.167. The van der Waals surface area contributed by atoms with E-state index in [4.69, 9.17) is 14.2 Å². The summed E-state index contributed by atoms with van der Waals surface area (Å²) in [6.07, 6.45) is 79.8. The molecule has 1 atom stereocenters. The molecule has 0 aromatic heterocycles. The Morgan fingerprint density at radius 2 is 0.580 bits per heavy atom. The Kier molecular flexibility index (Phi) is 52.1. The van der Waals surface area contributed by atoms with Gasteiger partial charge < -0.3 is 14.2 Å². The lowest BCUT2D eigenvalue weighted by atomic mass is 10.1. The Morgan fingerprint density at radius 3 is 0.942 bits per heavy atom. The van der Waals surface area contributed by atoms with Crippen LogP contribution in [0.4, 0.5) is 0 Å². The lowest BCUT2D eigenvalue weighted by Crippen LogP contribution is -2.30. The lowest BCUT2D eigenvalue weighted by Gasteiger charge is -2.18. The smallest absolute Gasteiger partial charge is 0.306 e. The molecule has 69 heavy (non-hydrogen) atoms. The standard InChI is InChI=1S/C63H98O6/c1-4-7-10-13-16-19-22-25-28-31-34-37-40-43-46-49-52-55-61(64)67-58-60(69-63(66)57-54-51-48-45-42-39-36-33-30-27-24-21-18-15-12-9-6-3)59-68-62(65)56-53-50-47-44-41-38-35-32-29-26-23-20-17-14-11-8-5-2/h7,9-10,12,16-21,25-30,34,36-37,39,43,45-46,48,60H,4-6,8,11,13-15,22-24,31-33,35,38,40-42,44,47,49-59H2,1-3H3/b10-7-,12-9-,19-16-,20-17-,21-18-,28-25-,29-26-,30-27-,37-34-,39-36-,46-43-,48-45-. The summed E-state index contributed by atoms with van der Waals surface area (Å²) in [7, 11) is 0. The van der Waals surface area contributed by atoms with E-state index in [2.05, 4.69) is 167 Å². The maximum Gasteiger partial charge on any atom is 0.306 e. The molecule has 0 amide bonds. The molecule has 0 radical (unpaired) electrons. The van der Waals surface area contributed by atoms with Gasteiger partial charge in [-0.2, -0.15) is 0 Å². The van der Waals surface area contributed by atoms with E-state index in [-0.39, 0.29) is 44.0 Å². The van der Waals surface area contributed by atoms with Crippen molar-refractivity contribution < 1.29 is 28.6 Å². The van der Waals surface area contributed by atoms with Gasteiger partial charge in [0.25, 0.3) is 0 Å². The molecule has 0 fully saturated rings. The van der Waals surface area contributed by atoms with E-state index in [1.54, 1.807) is 0 Å². The van der Waals surface area contributed by atoms with Crippen LogP contribution in [0.3, 0.4) is 0 Å². The number of allylic oxidation sites excluding steroid dienone is 24. The summed E-state index contributed by atoms with van der Waals surface area (Å²) in [4.78, 5) is 38.1. The van der Waals surface area contributed by atoms with E-state index in [9.17, 15) is 14.4 Å². The second-order valence-electron chi connectivity index (χ2n) is 17.4. The van der Waals surface area contributed by atoms with Crippen molar-refractivity contribution in [2.75, 3.05) is 13.2 Å². The molecule has 0 aromatic carbocycles. The van der Waals surface area contributed by atoms with Gasteiger partial charge in [0.05, 0.1) is 0 Å². The first-order valence-corrected chi connectivity index (χ1v) is 27.3. The fraction of sp³-hybridized carbons (Fsp3) is 0.571. The Balaban J connectivity index is 4.61. The number of esters is 3. The van der Waals surface area contributed by atoms with Crippen LogP contribution in [0.2, 0.25) is 0 Å². The summed E-state index contributed by atoms with van der Waals surface area (Å²) in [6.45, 7) is 6.26. The normalized spacial score (nSPS) is 13.3. The maximum atomic E-state index is 12.8. The second-order valence-corrected chi connectivity index (χ2v) is 17.4.